The summed E-state index contributed by atoms with van der Waals surface area (Å²) in [5, 5.41) is 11.8. The van der Waals surface area contributed by atoms with Gasteiger partial charge in [0.2, 0.25) is 5.13 Å². The molecule has 2 aromatic heterocycles. The lowest BCUT2D eigenvalue weighted by Gasteiger charge is -2.08. The first kappa shape index (κ1) is 18.9. The smallest absolute Gasteiger partial charge is 0.257 e. The first-order valence-corrected chi connectivity index (χ1v) is 9.92. The molecular formula is C21H20N6OS. The van der Waals surface area contributed by atoms with Crippen LogP contribution in [-0.4, -0.2) is 30.3 Å². The van der Waals surface area contributed by atoms with Crippen molar-refractivity contribution in [2.24, 2.45) is 0 Å². The van der Waals surface area contributed by atoms with Crippen molar-refractivity contribution < 1.29 is 4.79 Å². The van der Waals surface area contributed by atoms with Crippen LogP contribution in [0.5, 0.6) is 0 Å². The fraction of sp³-hybridized carbons (Fsp3) is 0.190. The largest absolute Gasteiger partial charge is 0.297 e. The highest BCUT2D eigenvalue weighted by molar-refractivity contribution is 7.10. The van der Waals surface area contributed by atoms with Gasteiger partial charge in [0.25, 0.3) is 5.91 Å². The summed E-state index contributed by atoms with van der Waals surface area (Å²) in [7, 11) is 0. The van der Waals surface area contributed by atoms with E-state index >= 15 is 0 Å². The van der Waals surface area contributed by atoms with Crippen molar-refractivity contribution >= 4 is 22.6 Å². The second-order valence-electron chi connectivity index (χ2n) is 6.97. The molecule has 0 bridgehead atoms. The van der Waals surface area contributed by atoms with Gasteiger partial charge in [-0.15, -0.1) is 5.10 Å². The molecule has 0 aliphatic heterocycles. The summed E-state index contributed by atoms with van der Waals surface area (Å²) in [6.07, 6.45) is 0. The van der Waals surface area contributed by atoms with Crippen LogP contribution in [0.2, 0.25) is 0 Å². The summed E-state index contributed by atoms with van der Waals surface area (Å²) >= 11 is 1.12. The normalized spacial score (nSPS) is 10.9. The second-order valence-corrected chi connectivity index (χ2v) is 7.72. The molecular weight excluding hydrogens is 384 g/mol. The van der Waals surface area contributed by atoms with Gasteiger partial charge in [0.15, 0.2) is 11.5 Å². The maximum absolute atomic E-state index is 12.4. The number of aryl methyl sites for hydroxylation is 3. The molecule has 2 heterocycles. The van der Waals surface area contributed by atoms with Gasteiger partial charge in [-0.05, 0) is 57.0 Å². The van der Waals surface area contributed by atoms with Crippen molar-refractivity contribution in [1.29, 1.82) is 0 Å². The zero-order chi connectivity index (χ0) is 20.5. The van der Waals surface area contributed by atoms with Crippen LogP contribution in [0.3, 0.4) is 0 Å². The average Bonchev–Trinajstić information content (AvgIpc) is 3.30. The van der Waals surface area contributed by atoms with E-state index in [-0.39, 0.29) is 5.91 Å². The molecule has 1 N–H and O–H groups in total. The van der Waals surface area contributed by atoms with Crippen molar-refractivity contribution in [3.63, 3.8) is 0 Å². The van der Waals surface area contributed by atoms with Crippen LogP contribution in [0.1, 0.15) is 32.7 Å². The topological polar surface area (TPSA) is 85.6 Å². The number of carbonyl (C=O) groups is 1. The van der Waals surface area contributed by atoms with E-state index in [0.29, 0.717) is 22.2 Å². The number of hydrogen-bond acceptors (Lipinski definition) is 6. The summed E-state index contributed by atoms with van der Waals surface area (Å²) in [5.41, 5.74) is 6.34. The second kappa shape index (κ2) is 7.56. The minimum absolute atomic E-state index is 0.219. The quantitative estimate of drug-likeness (QED) is 0.549. The minimum Gasteiger partial charge on any atom is -0.297 e. The monoisotopic (exact) mass is 404 g/mol. The summed E-state index contributed by atoms with van der Waals surface area (Å²) in [6, 6.07) is 13.6. The van der Waals surface area contributed by atoms with E-state index in [9.17, 15) is 4.79 Å². The van der Waals surface area contributed by atoms with Crippen molar-refractivity contribution in [2.75, 3.05) is 5.32 Å². The zero-order valence-electron chi connectivity index (χ0n) is 16.6. The summed E-state index contributed by atoms with van der Waals surface area (Å²) in [6.45, 7) is 7.99. The van der Waals surface area contributed by atoms with E-state index in [2.05, 4.69) is 43.2 Å². The van der Waals surface area contributed by atoms with Gasteiger partial charge < -0.3 is 0 Å². The Morgan fingerprint density at radius 1 is 1.00 bits per heavy atom. The molecule has 0 spiro atoms. The minimum atomic E-state index is -0.219. The maximum Gasteiger partial charge on any atom is 0.257 e. The molecule has 0 radical (unpaired) electrons. The fourth-order valence-electron chi connectivity index (χ4n) is 2.96. The highest BCUT2D eigenvalue weighted by Crippen LogP contribution is 2.25. The number of anilines is 1. The first-order valence-electron chi connectivity index (χ1n) is 9.14. The lowest BCUT2D eigenvalue weighted by atomic mass is 10.1. The molecule has 0 fully saturated rings. The third-order valence-corrected chi connectivity index (χ3v) is 5.29. The Hall–Kier alpha value is -3.39. The van der Waals surface area contributed by atoms with Crippen molar-refractivity contribution in [3.05, 3.63) is 70.4 Å². The van der Waals surface area contributed by atoms with E-state index in [4.69, 9.17) is 0 Å². The summed E-state index contributed by atoms with van der Waals surface area (Å²) in [5.74, 6) is 0.228. The van der Waals surface area contributed by atoms with E-state index in [0.717, 1.165) is 39.6 Å². The molecule has 0 aliphatic carbocycles. The van der Waals surface area contributed by atoms with E-state index in [1.807, 2.05) is 39.8 Å². The van der Waals surface area contributed by atoms with Gasteiger partial charge in [-0.3, -0.25) is 10.1 Å². The molecule has 0 atom stereocenters. The SMILES string of the molecule is Cc1ccc(C(=O)Nc2nc(-c3nnn(-c4cc(C)ccc4C)c3C)ns2)cc1. The Morgan fingerprint density at radius 2 is 1.72 bits per heavy atom. The molecule has 8 heteroatoms. The molecule has 146 valence electrons. The van der Waals surface area contributed by atoms with Crippen molar-refractivity contribution in [3.8, 4) is 17.2 Å². The van der Waals surface area contributed by atoms with Gasteiger partial charge in [-0.1, -0.05) is 35.0 Å². The van der Waals surface area contributed by atoms with Gasteiger partial charge >= 0.3 is 0 Å². The molecule has 4 aromatic rings. The Bertz CT molecular complexity index is 1190. The molecule has 29 heavy (non-hydrogen) atoms. The van der Waals surface area contributed by atoms with Gasteiger partial charge in [-0.25, -0.2) is 4.68 Å². The average molecular weight is 404 g/mol. The number of nitrogens with one attached hydrogen (secondary N) is 1. The molecule has 1 amide bonds. The predicted molar refractivity (Wildman–Crippen MR) is 114 cm³/mol. The van der Waals surface area contributed by atoms with E-state index < -0.39 is 0 Å². The van der Waals surface area contributed by atoms with Gasteiger partial charge in [0.05, 0.1) is 11.4 Å². The molecule has 0 saturated heterocycles. The van der Waals surface area contributed by atoms with Crippen LogP contribution < -0.4 is 5.32 Å². The molecule has 4 rings (SSSR count). The van der Waals surface area contributed by atoms with Crippen LogP contribution in [-0.2, 0) is 0 Å². The van der Waals surface area contributed by atoms with Crippen LogP contribution in [0.15, 0.2) is 42.5 Å². The number of hydrogen-bond donors (Lipinski definition) is 1. The van der Waals surface area contributed by atoms with Crippen LogP contribution >= 0.6 is 11.5 Å². The molecule has 0 saturated carbocycles. The summed E-state index contributed by atoms with van der Waals surface area (Å²) < 4.78 is 6.15. The first-order chi connectivity index (χ1) is 13.9. The standard InChI is InChI=1S/C21H20N6OS/c1-12-6-9-16(10-7-12)20(28)23-21-22-19(25-29-21)18-15(4)27(26-24-18)17-11-13(2)5-8-14(17)3/h5-11H,1-4H3,(H,22,23,25,28). The lowest BCUT2D eigenvalue weighted by Crippen LogP contribution is -2.11. The Labute approximate surface area is 172 Å². The maximum atomic E-state index is 12.4. The van der Waals surface area contributed by atoms with Crippen LogP contribution in [0.4, 0.5) is 5.13 Å². The Balaban J connectivity index is 1.59. The highest BCUT2D eigenvalue weighted by Gasteiger charge is 2.18. The molecule has 7 nitrogen and oxygen atoms in total. The van der Waals surface area contributed by atoms with Crippen LogP contribution in [0, 0.1) is 27.7 Å². The van der Waals surface area contributed by atoms with E-state index in [1.165, 1.54) is 0 Å². The number of benzene rings is 2. The number of aromatic nitrogens is 5. The number of nitrogens with zero attached hydrogens (tertiary/aromatic N) is 5. The third-order valence-electron chi connectivity index (χ3n) is 4.66. The Kier molecular flexibility index (Phi) is 4.94. The van der Waals surface area contributed by atoms with Gasteiger partial charge in [0, 0.05) is 17.1 Å². The molecule has 0 unspecified atom stereocenters. The van der Waals surface area contributed by atoms with Crippen LogP contribution in [0.25, 0.3) is 17.2 Å². The van der Waals surface area contributed by atoms with E-state index in [1.54, 1.807) is 16.8 Å². The third kappa shape index (κ3) is 3.79. The number of carbonyl (C=O) groups excluding carboxylic acids is 1. The van der Waals surface area contributed by atoms with Gasteiger partial charge in [-0.2, -0.15) is 9.36 Å². The number of amides is 1. The predicted octanol–water partition coefficient (Wildman–Crippen LogP) is 4.27. The summed E-state index contributed by atoms with van der Waals surface area (Å²) in [4.78, 5) is 16.8. The molecule has 0 aliphatic rings. The number of rotatable bonds is 4. The highest BCUT2D eigenvalue weighted by atomic mass is 32.1. The fourth-order valence-corrected chi connectivity index (χ4v) is 3.52. The molecule has 2 aromatic carbocycles. The van der Waals surface area contributed by atoms with Crippen molar-refractivity contribution in [1.82, 2.24) is 24.4 Å². The lowest BCUT2D eigenvalue weighted by molar-refractivity contribution is 0.102. The van der Waals surface area contributed by atoms with Gasteiger partial charge in [0.1, 0.15) is 0 Å². The Morgan fingerprint density at radius 3 is 2.48 bits per heavy atom. The zero-order valence-corrected chi connectivity index (χ0v) is 17.4. The van der Waals surface area contributed by atoms with Crippen molar-refractivity contribution in [2.45, 2.75) is 27.7 Å².